The lowest BCUT2D eigenvalue weighted by Crippen LogP contribution is -3.18. The van der Waals surface area contributed by atoms with Crippen LogP contribution in [0.3, 0.4) is 0 Å². The Morgan fingerprint density at radius 3 is 2.65 bits per heavy atom. The van der Waals surface area contributed by atoms with Crippen molar-refractivity contribution >= 4 is 5.78 Å². The topological polar surface area (TPSA) is 35.2 Å². The molecule has 20 heavy (non-hydrogen) atoms. The molecule has 1 saturated heterocycles. The van der Waals surface area contributed by atoms with Crippen LogP contribution in [-0.4, -0.2) is 52.7 Å². The summed E-state index contributed by atoms with van der Waals surface area (Å²) in [4.78, 5) is 15.4. The molecule has 0 aromatic heterocycles. The summed E-state index contributed by atoms with van der Waals surface area (Å²) in [7, 11) is 5.99. The average molecular weight is 278 g/mol. The van der Waals surface area contributed by atoms with Crippen molar-refractivity contribution in [1.82, 2.24) is 0 Å². The number of quaternary nitrogens is 2. The lowest BCUT2D eigenvalue weighted by molar-refractivity contribution is -0.934. The molecule has 0 amide bonds. The first-order valence-corrected chi connectivity index (χ1v) is 7.41. The molecule has 1 unspecified atom stereocenters. The summed E-state index contributed by atoms with van der Waals surface area (Å²) in [5.41, 5.74) is 0.702. The smallest absolute Gasteiger partial charge is 0.220 e. The zero-order valence-electron chi connectivity index (χ0n) is 12.7. The Labute approximate surface area is 121 Å². The molecule has 2 rings (SSSR count). The molecule has 1 aliphatic rings. The van der Waals surface area contributed by atoms with E-state index in [9.17, 15) is 4.79 Å². The summed E-state index contributed by atoms with van der Waals surface area (Å²) in [6, 6.07) is 8.10. The Morgan fingerprint density at radius 2 is 2.00 bits per heavy atom. The molecule has 110 valence electrons. The predicted molar refractivity (Wildman–Crippen MR) is 78.7 cm³/mol. The van der Waals surface area contributed by atoms with Crippen LogP contribution < -0.4 is 14.5 Å². The lowest BCUT2D eigenvalue weighted by atomic mass is 10.0. The summed E-state index contributed by atoms with van der Waals surface area (Å²) in [6.07, 6.45) is 2.41. The molecular formula is C16H26N2O2+2. The maximum absolute atomic E-state index is 12.4. The van der Waals surface area contributed by atoms with Gasteiger partial charge in [-0.3, -0.25) is 4.79 Å². The Hall–Kier alpha value is -1.39. The molecule has 4 heteroatoms. The molecule has 1 atom stereocenters. The van der Waals surface area contributed by atoms with Crippen LogP contribution in [0.1, 0.15) is 23.2 Å². The van der Waals surface area contributed by atoms with Crippen molar-refractivity contribution in [3.8, 4) is 5.75 Å². The van der Waals surface area contributed by atoms with E-state index in [0.29, 0.717) is 23.9 Å². The van der Waals surface area contributed by atoms with Gasteiger partial charge in [-0.1, -0.05) is 12.1 Å². The van der Waals surface area contributed by atoms with E-state index in [1.54, 1.807) is 12.0 Å². The van der Waals surface area contributed by atoms with Gasteiger partial charge in [0, 0.05) is 12.8 Å². The molecule has 1 heterocycles. The number of para-hydroxylation sites is 1. The number of rotatable bonds is 5. The van der Waals surface area contributed by atoms with Gasteiger partial charge in [0.25, 0.3) is 0 Å². The Balaban J connectivity index is 1.97. The molecule has 0 bridgehead atoms. The fourth-order valence-corrected chi connectivity index (χ4v) is 2.97. The molecule has 0 saturated carbocycles. The second-order valence-electron chi connectivity index (χ2n) is 5.88. The first-order valence-electron chi connectivity index (χ1n) is 7.41. The number of carbonyl (C=O) groups excluding carboxylic acids is 1. The number of likely N-dealkylation sites (tertiary alicyclic amines) is 1. The normalized spacial score (nSPS) is 24.1. The monoisotopic (exact) mass is 278 g/mol. The van der Waals surface area contributed by atoms with Crippen molar-refractivity contribution in [3.05, 3.63) is 29.8 Å². The van der Waals surface area contributed by atoms with Crippen LogP contribution in [0.2, 0.25) is 0 Å². The van der Waals surface area contributed by atoms with Gasteiger partial charge in [-0.2, -0.15) is 0 Å². The van der Waals surface area contributed by atoms with Crippen molar-refractivity contribution in [2.24, 2.45) is 0 Å². The van der Waals surface area contributed by atoms with Gasteiger partial charge in [0.15, 0.2) is 0 Å². The molecule has 1 aromatic carbocycles. The second kappa shape index (κ2) is 6.86. The number of carbonyl (C=O) groups is 1. The average Bonchev–Trinajstić information content (AvgIpc) is 2.47. The van der Waals surface area contributed by atoms with Gasteiger partial charge in [0.2, 0.25) is 5.78 Å². The number of methoxy groups -OCH3 is 1. The van der Waals surface area contributed by atoms with Crippen LogP contribution in [0.15, 0.2) is 24.3 Å². The molecule has 4 nitrogen and oxygen atoms in total. The van der Waals surface area contributed by atoms with Crippen LogP contribution in [0.4, 0.5) is 0 Å². The highest BCUT2D eigenvalue weighted by Gasteiger charge is 2.28. The SMILES string of the molecule is COc1ccccc1C(=O)C[NH+](C)C1CC[NH+](C)CC1. The van der Waals surface area contributed by atoms with E-state index in [2.05, 4.69) is 14.1 Å². The summed E-state index contributed by atoms with van der Waals surface area (Å²) >= 11 is 0. The standard InChI is InChI=1S/C16H24N2O2/c1-17-10-8-13(9-11-17)18(2)12-15(19)14-6-4-5-7-16(14)20-3/h4-7,13H,8-12H2,1-3H3/p+2. The summed E-state index contributed by atoms with van der Waals surface area (Å²) in [5.74, 6) is 0.851. The van der Waals surface area contributed by atoms with Crippen LogP contribution in [-0.2, 0) is 0 Å². The summed E-state index contributed by atoms with van der Waals surface area (Å²) in [6.45, 7) is 2.97. The maximum Gasteiger partial charge on any atom is 0.220 e. The zero-order chi connectivity index (χ0) is 14.5. The number of benzene rings is 1. The highest BCUT2D eigenvalue weighted by molar-refractivity contribution is 5.99. The molecular weight excluding hydrogens is 252 g/mol. The number of likely N-dealkylation sites (N-methyl/N-ethyl adjacent to an activating group) is 1. The number of hydrogen-bond donors (Lipinski definition) is 2. The Bertz CT molecular complexity index is 454. The lowest BCUT2D eigenvalue weighted by Gasteiger charge is -2.30. The van der Waals surface area contributed by atoms with Gasteiger partial charge in [-0.15, -0.1) is 0 Å². The van der Waals surface area contributed by atoms with E-state index < -0.39 is 0 Å². The number of hydrogen-bond acceptors (Lipinski definition) is 2. The van der Waals surface area contributed by atoms with Gasteiger partial charge < -0.3 is 14.5 Å². The summed E-state index contributed by atoms with van der Waals surface area (Å²) < 4.78 is 5.27. The second-order valence-corrected chi connectivity index (χ2v) is 5.88. The van der Waals surface area contributed by atoms with Gasteiger partial charge >= 0.3 is 0 Å². The number of ketones is 1. The third kappa shape index (κ3) is 3.58. The summed E-state index contributed by atoms with van der Waals surface area (Å²) in [5, 5.41) is 0. The Kier molecular flexibility index (Phi) is 5.15. The van der Waals surface area contributed by atoms with Crippen molar-refractivity contribution in [1.29, 1.82) is 0 Å². The fourth-order valence-electron chi connectivity index (χ4n) is 2.97. The van der Waals surface area contributed by atoms with Gasteiger partial charge in [-0.25, -0.2) is 0 Å². The molecule has 0 radical (unpaired) electrons. The minimum atomic E-state index is 0.172. The quantitative estimate of drug-likeness (QED) is 0.683. The zero-order valence-corrected chi connectivity index (χ0v) is 12.7. The fraction of sp³-hybridized carbons (Fsp3) is 0.562. The van der Waals surface area contributed by atoms with Crippen molar-refractivity contribution in [3.63, 3.8) is 0 Å². The minimum absolute atomic E-state index is 0.172. The molecule has 0 aliphatic carbocycles. The van der Waals surface area contributed by atoms with Crippen molar-refractivity contribution < 1.29 is 19.3 Å². The Morgan fingerprint density at radius 1 is 1.35 bits per heavy atom. The largest absolute Gasteiger partial charge is 0.496 e. The van der Waals surface area contributed by atoms with Crippen LogP contribution in [0, 0.1) is 0 Å². The van der Waals surface area contributed by atoms with Crippen LogP contribution >= 0.6 is 0 Å². The van der Waals surface area contributed by atoms with E-state index in [1.807, 2.05) is 24.3 Å². The van der Waals surface area contributed by atoms with E-state index in [-0.39, 0.29) is 5.78 Å². The van der Waals surface area contributed by atoms with Gasteiger partial charge in [0.1, 0.15) is 12.3 Å². The molecule has 2 N–H and O–H groups in total. The van der Waals surface area contributed by atoms with Crippen molar-refractivity contribution in [2.45, 2.75) is 18.9 Å². The van der Waals surface area contributed by atoms with Gasteiger partial charge in [-0.05, 0) is 12.1 Å². The van der Waals surface area contributed by atoms with Crippen LogP contribution in [0.25, 0.3) is 0 Å². The first-order chi connectivity index (χ1) is 9.61. The third-order valence-corrected chi connectivity index (χ3v) is 4.38. The van der Waals surface area contributed by atoms with E-state index in [0.717, 1.165) is 0 Å². The highest BCUT2D eigenvalue weighted by Crippen LogP contribution is 2.17. The minimum Gasteiger partial charge on any atom is -0.496 e. The van der Waals surface area contributed by atoms with Gasteiger partial charge in [0.05, 0.1) is 45.9 Å². The molecule has 0 spiro atoms. The number of piperidine rings is 1. The maximum atomic E-state index is 12.4. The molecule has 1 fully saturated rings. The van der Waals surface area contributed by atoms with E-state index in [1.165, 1.54) is 30.8 Å². The van der Waals surface area contributed by atoms with Crippen LogP contribution in [0.5, 0.6) is 5.75 Å². The molecule has 1 aromatic rings. The first kappa shape index (κ1) is 15.0. The number of Topliss-reactive ketones (excluding diaryl/α,β-unsaturated/α-hetero) is 1. The number of nitrogens with one attached hydrogen (secondary N) is 2. The predicted octanol–water partition coefficient (Wildman–Crippen LogP) is -0.930. The van der Waals surface area contributed by atoms with E-state index >= 15 is 0 Å². The van der Waals surface area contributed by atoms with E-state index in [4.69, 9.17) is 4.74 Å². The number of ether oxygens (including phenoxy) is 1. The van der Waals surface area contributed by atoms with Crippen molar-refractivity contribution in [2.75, 3.05) is 40.8 Å². The highest BCUT2D eigenvalue weighted by atomic mass is 16.5. The third-order valence-electron chi connectivity index (χ3n) is 4.38. The molecule has 1 aliphatic heterocycles.